The molecule has 2 aromatic heterocycles. The van der Waals surface area contributed by atoms with Crippen molar-refractivity contribution in [2.24, 2.45) is 13.0 Å². The molecule has 2 N–H and O–H groups in total. The van der Waals surface area contributed by atoms with Crippen molar-refractivity contribution in [1.29, 1.82) is 0 Å². The number of carbonyl (C=O) groups is 2. The van der Waals surface area contributed by atoms with Gasteiger partial charge in [-0.05, 0) is 48.7 Å². The fourth-order valence-electron chi connectivity index (χ4n) is 3.62. The molecule has 1 saturated heterocycles. The molecule has 3 heterocycles. The van der Waals surface area contributed by atoms with E-state index in [1.807, 2.05) is 60.3 Å². The van der Waals surface area contributed by atoms with Gasteiger partial charge < -0.3 is 14.8 Å². The summed E-state index contributed by atoms with van der Waals surface area (Å²) < 4.78 is 1.81. The molecule has 1 atom stereocenters. The summed E-state index contributed by atoms with van der Waals surface area (Å²) in [6.45, 7) is 1.13. The number of H-pyrrole nitrogens is 1. The van der Waals surface area contributed by atoms with Gasteiger partial charge in [0.2, 0.25) is 5.91 Å². The number of rotatable bonds is 4. The minimum Gasteiger partial charge on any atom is -0.347 e. The predicted octanol–water partition coefficient (Wildman–Crippen LogP) is 2.91. The van der Waals surface area contributed by atoms with E-state index in [-0.39, 0.29) is 17.7 Å². The molecule has 3 aromatic rings. The van der Waals surface area contributed by atoms with Crippen molar-refractivity contribution in [3.8, 4) is 11.3 Å². The Balaban J connectivity index is 1.39. The maximum atomic E-state index is 12.7. The number of carbonyl (C=O) groups excluding carboxylic acids is 2. The zero-order chi connectivity index (χ0) is 19.5. The second kappa shape index (κ2) is 7.72. The normalized spacial score (nSPS) is 16.8. The molecule has 1 aliphatic rings. The average molecular weight is 377 g/mol. The van der Waals surface area contributed by atoms with E-state index < -0.39 is 0 Å². The lowest BCUT2D eigenvalue weighted by molar-refractivity contribution is -0.121. The lowest BCUT2D eigenvalue weighted by Gasteiger charge is -2.32. The maximum absolute atomic E-state index is 12.7. The third kappa shape index (κ3) is 3.69. The molecule has 0 radical (unpaired) electrons. The minimum absolute atomic E-state index is 0.0195. The SMILES string of the molecule is Cn1cccc1C(=O)N1CCCC(C(=O)Nc2ccc(-c3ccn[nH]3)cc2)C1. The molecule has 7 nitrogen and oxygen atoms in total. The van der Waals surface area contributed by atoms with Crippen LogP contribution in [0.4, 0.5) is 5.69 Å². The molecule has 0 bridgehead atoms. The van der Waals surface area contributed by atoms with Crippen LogP contribution in [0.2, 0.25) is 0 Å². The summed E-state index contributed by atoms with van der Waals surface area (Å²) in [6, 6.07) is 13.2. The summed E-state index contributed by atoms with van der Waals surface area (Å²) in [4.78, 5) is 27.2. The van der Waals surface area contributed by atoms with Crippen molar-refractivity contribution < 1.29 is 9.59 Å². The van der Waals surface area contributed by atoms with Crippen LogP contribution in [-0.2, 0) is 11.8 Å². The number of hydrogen-bond acceptors (Lipinski definition) is 3. The largest absolute Gasteiger partial charge is 0.347 e. The number of nitrogens with zero attached hydrogens (tertiary/aromatic N) is 3. The van der Waals surface area contributed by atoms with E-state index in [0.717, 1.165) is 29.8 Å². The number of piperidine rings is 1. The Bertz CT molecular complexity index is 959. The second-order valence-electron chi connectivity index (χ2n) is 7.13. The Morgan fingerprint density at radius 3 is 2.68 bits per heavy atom. The number of nitrogens with one attached hydrogen (secondary N) is 2. The van der Waals surface area contributed by atoms with Crippen molar-refractivity contribution >= 4 is 17.5 Å². The molecule has 144 valence electrons. The van der Waals surface area contributed by atoms with Crippen LogP contribution in [0.5, 0.6) is 0 Å². The van der Waals surface area contributed by atoms with Gasteiger partial charge in [-0.3, -0.25) is 14.7 Å². The van der Waals surface area contributed by atoms with Crippen molar-refractivity contribution in [2.75, 3.05) is 18.4 Å². The van der Waals surface area contributed by atoms with Gasteiger partial charge in [0.25, 0.3) is 5.91 Å². The third-order valence-corrected chi connectivity index (χ3v) is 5.21. The molecule has 0 aliphatic carbocycles. The van der Waals surface area contributed by atoms with Gasteiger partial charge in [-0.1, -0.05) is 12.1 Å². The number of hydrogen-bond donors (Lipinski definition) is 2. The van der Waals surface area contributed by atoms with Crippen LogP contribution in [0, 0.1) is 5.92 Å². The first kappa shape index (κ1) is 18.0. The quantitative estimate of drug-likeness (QED) is 0.733. The fourth-order valence-corrected chi connectivity index (χ4v) is 3.62. The van der Waals surface area contributed by atoms with Crippen molar-refractivity contribution in [3.63, 3.8) is 0 Å². The molecule has 1 unspecified atom stereocenters. The number of benzene rings is 1. The molecular weight excluding hydrogens is 354 g/mol. The number of aromatic amines is 1. The molecule has 1 aliphatic heterocycles. The predicted molar refractivity (Wildman–Crippen MR) is 107 cm³/mol. The fraction of sp³-hybridized carbons (Fsp3) is 0.286. The Morgan fingerprint density at radius 1 is 1.18 bits per heavy atom. The van der Waals surface area contributed by atoms with Gasteiger partial charge in [-0.2, -0.15) is 5.10 Å². The van der Waals surface area contributed by atoms with E-state index in [0.29, 0.717) is 18.8 Å². The van der Waals surface area contributed by atoms with Crippen LogP contribution >= 0.6 is 0 Å². The second-order valence-corrected chi connectivity index (χ2v) is 7.13. The van der Waals surface area contributed by atoms with Gasteiger partial charge in [0, 0.05) is 38.2 Å². The smallest absolute Gasteiger partial charge is 0.270 e. The zero-order valence-electron chi connectivity index (χ0n) is 15.8. The molecule has 1 fully saturated rings. The van der Waals surface area contributed by atoms with Gasteiger partial charge >= 0.3 is 0 Å². The minimum atomic E-state index is -0.203. The standard InChI is InChI=1S/C21H23N5O2/c1-25-12-3-5-19(25)21(28)26-13-2-4-16(14-26)20(27)23-17-8-6-15(7-9-17)18-10-11-22-24-18/h3,5-12,16H,2,4,13-14H2,1H3,(H,22,24)(H,23,27). The molecule has 2 amide bonds. The average Bonchev–Trinajstić information content (AvgIpc) is 3.40. The monoisotopic (exact) mass is 377 g/mol. The van der Waals surface area contributed by atoms with Gasteiger partial charge in [0.1, 0.15) is 5.69 Å². The zero-order valence-corrected chi connectivity index (χ0v) is 15.8. The Labute approximate surface area is 163 Å². The van der Waals surface area contributed by atoms with Gasteiger partial charge in [0.15, 0.2) is 0 Å². The van der Waals surface area contributed by atoms with E-state index in [1.54, 1.807) is 11.1 Å². The van der Waals surface area contributed by atoms with Crippen molar-refractivity contribution in [2.45, 2.75) is 12.8 Å². The summed E-state index contributed by atoms with van der Waals surface area (Å²) in [5.74, 6) is -0.266. The van der Waals surface area contributed by atoms with Crippen molar-refractivity contribution in [1.82, 2.24) is 19.7 Å². The van der Waals surface area contributed by atoms with Gasteiger partial charge in [-0.15, -0.1) is 0 Å². The number of amides is 2. The van der Waals surface area contributed by atoms with E-state index in [1.165, 1.54) is 0 Å². The van der Waals surface area contributed by atoms with Crippen LogP contribution in [0.3, 0.4) is 0 Å². The van der Waals surface area contributed by atoms with Crippen LogP contribution in [-0.4, -0.2) is 44.6 Å². The highest BCUT2D eigenvalue weighted by atomic mass is 16.2. The van der Waals surface area contributed by atoms with Gasteiger partial charge in [-0.25, -0.2) is 0 Å². The third-order valence-electron chi connectivity index (χ3n) is 5.21. The summed E-state index contributed by atoms with van der Waals surface area (Å²) in [5, 5.41) is 9.85. The molecule has 1 aromatic carbocycles. The maximum Gasteiger partial charge on any atom is 0.270 e. The summed E-state index contributed by atoms with van der Waals surface area (Å²) >= 11 is 0. The van der Waals surface area contributed by atoms with Crippen LogP contribution < -0.4 is 5.32 Å². The topological polar surface area (TPSA) is 83.0 Å². The molecule has 4 rings (SSSR count). The number of anilines is 1. The Kier molecular flexibility index (Phi) is 4.97. The first-order valence-electron chi connectivity index (χ1n) is 9.43. The highest BCUT2D eigenvalue weighted by molar-refractivity contribution is 5.95. The van der Waals surface area contributed by atoms with Crippen molar-refractivity contribution in [3.05, 3.63) is 60.6 Å². The lowest BCUT2D eigenvalue weighted by atomic mass is 9.96. The molecule has 7 heteroatoms. The van der Waals surface area contributed by atoms with E-state index in [2.05, 4.69) is 15.5 Å². The highest BCUT2D eigenvalue weighted by Gasteiger charge is 2.29. The summed E-state index contributed by atoms with van der Waals surface area (Å²) in [7, 11) is 1.86. The number of likely N-dealkylation sites (tertiary alicyclic amines) is 1. The molecule has 28 heavy (non-hydrogen) atoms. The van der Waals surface area contributed by atoms with E-state index in [4.69, 9.17) is 0 Å². The number of aromatic nitrogens is 3. The Hall–Kier alpha value is -3.35. The van der Waals surface area contributed by atoms with E-state index >= 15 is 0 Å². The number of aryl methyl sites for hydroxylation is 1. The first-order chi connectivity index (χ1) is 13.6. The first-order valence-corrected chi connectivity index (χ1v) is 9.43. The summed E-state index contributed by atoms with van der Waals surface area (Å²) in [6.07, 6.45) is 5.17. The van der Waals surface area contributed by atoms with Gasteiger partial charge in [0.05, 0.1) is 11.6 Å². The highest BCUT2D eigenvalue weighted by Crippen LogP contribution is 2.22. The molecule has 0 spiro atoms. The molecule has 0 saturated carbocycles. The van der Waals surface area contributed by atoms with Crippen LogP contribution in [0.1, 0.15) is 23.3 Å². The van der Waals surface area contributed by atoms with Crippen LogP contribution in [0.25, 0.3) is 11.3 Å². The molecular formula is C21H23N5O2. The lowest BCUT2D eigenvalue weighted by Crippen LogP contribution is -2.44. The summed E-state index contributed by atoms with van der Waals surface area (Å²) in [5.41, 5.74) is 3.34. The Morgan fingerprint density at radius 2 is 2.00 bits per heavy atom. The van der Waals surface area contributed by atoms with E-state index in [9.17, 15) is 9.59 Å². The van der Waals surface area contributed by atoms with Crippen LogP contribution in [0.15, 0.2) is 54.9 Å².